The molecule has 17 heavy (non-hydrogen) atoms. The van der Waals surface area contributed by atoms with Gasteiger partial charge in [-0.1, -0.05) is 0 Å². The van der Waals surface area contributed by atoms with Crippen molar-refractivity contribution in [3.63, 3.8) is 0 Å². The minimum Gasteiger partial charge on any atom is -0.275 e. The van der Waals surface area contributed by atoms with Crippen LogP contribution in [0, 0.1) is 0 Å². The molecule has 0 fully saturated rings. The van der Waals surface area contributed by atoms with Gasteiger partial charge in [0.1, 0.15) is 0 Å². The molecule has 0 aromatic carbocycles. The van der Waals surface area contributed by atoms with Gasteiger partial charge in [0, 0.05) is 36.8 Å². The van der Waals surface area contributed by atoms with Crippen molar-refractivity contribution in [3.8, 4) is 11.1 Å². The van der Waals surface area contributed by atoms with Crippen molar-refractivity contribution >= 4 is 15.9 Å². The third-order valence-electron chi connectivity index (χ3n) is 2.03. The van der Waals surface area contributed by atoms with Crippen molar-refractivity contribution in [2.24, 2.45) is 7.05 Å². The molecule has 0 spiro atoms. The van der Waals surface area contributed by atoms with Crippen LogP contribution in [0.4, 0.5) is 13.2 Å². The van der Waals surface area contributed by atoms with E-state index in [0.717, 1.165) is 4.68 Å². The van der Waals surface area contributed by atoms with Crippen LogP contribution < -0.4 is 0 Å². The van der Waals surface area contributed by atoms with Crippen LogP contribution in [0.25, 0.3) is 11.1 Å². The van der Waals surface area contributed by atoms with E-state index in [2.05, 4.69) is 31.0 Å². The molecule has 0 aliphatic rings. The average molecular weight is 307 g/mol. The molecule has 0 saturated heterocycles. The van der Waals surface area contributed by atoms with Crippen molar-refractivity contribution in [3.05, 3.63) is 29.0 Å². The molecule has 2 aromatic rings. The third-order valence-corrected chi connectivity index (χ3v) is 2.44. The highest BCUT2D eigenvalue weighted by atomic mass is 79.9. The fraction of sp³-hybridized carbons (Fsp3) is 0.222. The molecule has 0 bridgehead atoms. The van der Waals surface area contributed by atoms with Gasteiger partial charge in [0.2, 0.25) is 0 Å². The van der Waals surface area contributed by atoms with E-state index >= 15 is 0 Å². The number of aromatic nitrogens is 4. The second-order valence-corrected chi connectivity index (χ2v) is 4.01. The highest BCUT2D eigenvalue weighted by Gasteiger charge is 2.37. The molecule has 2 rings (SSSR count). The molecule has 0 amide bonds. The van der Waals surface area contributed by atoms with Crippen LogP contribution in [-0.2, 0) is 13.2 Å². The van der Waals surface area contributed by atoms with Gasteiger partial charge in [0.15, 0.2) is 10.4 Å². The highest BCUT2D eigenvalue weighted by Crippen LogP contribution is 2.35. The molecule has 8 heteroatoms. The maximum atomic E-state index is 12.7. The Bertz CT molecular complexity index is 532. The van der Waals surface area contributed by atoms with Crippen LogP contribution in [-0.4, -0.2) is 19.7 Å². The summed E-state index contributed by atoms with van der Waals surface area (Å²) < 4.78 is 39.5. The Morgan fingerprint density at radius 1 is 1.24 bits per heavy atom. The zero-order valence-corrected chi connectivity index (χ0v) is 10.1. The normalized spacial score (nSPS) is 11.8. The summed E-state index contributed by atoms with van der Waals surface area (Å²) in [6, 6.07) is 0. The molecule has 0 aliphatic carbocycles. The average Bonchev–Trinajstić information content (AvgIpc) is 2.61. The number of hydrogen-bond acceptors (Lipinski definition) is 3. The zero-order valence-electron chi connectivity index (χ0n) is 8.53. The van der Waals surface area contributed by atoms with Gasteiger partial charge < -0.3 is 0 Å². The smallest absolute Gasteiger partial charge is 0.275 e. The number of nitrogens with zero attached hydrogens (tertiary/aromatic N) is 4. The third kappa shape index (κ3) is 2.46. The van der Waals surface area contributed by atoms with E-state index in [9.17, 15) is 13.2 Å². The predicted molar refractivity (Wildman–Crippen MR) is 56.9 cm³/mol. The van der Waals surface area contributed by atoms with Crippen molar-refractivity contribution < 1.29 is 13.2 Å². The lowest BCUT2D eigenvalue weighted by atomic mass is 10.1. The van der Waals surface area contributed by atoms with Gasteiger partial charge in [-0.05, 0) is 15.9 Å². The number of halogens is 4. The Balaban J connectivity index is 2.55. The van der Waals surface area contributed by atoms with Gasteiger partial charge in [0.25, 0.3) is 0 Å². The number of hydrogen-bond donors (Lipinski definition) is 0. The summed E-state index contributed by atoms with van der Waals surface area (Å²) in [6.45, 7) is 0. The molecule has 90 valence electrons. The number of aryl methyl sites for hydroxylation is 1. The van der Waals surface area contributed by atoms with Gasteiger partial charge in [-0.3, -0.25) is 4.68 Å². The van der Waals surface area contributed by atoms with E-state index in [1.54, 1.807) is 0 Å². The topological polar surface area (TPSA) is 43.6 Å². The first kappa shape index (κ1) is 12.0. The molecule has 2 heterocycles. The molecule has 0 unspecified atom stereocenters. The Labute approximate surface area is 103 Å². The monoisotopic (exact) mass is 306 g/mol. The lowest BCUT2D eigenvalue weighted by molar-refractivity contribution is -0.140. The first-order chi connectivity index (χ1) is 7.88. The molecular weight excluding hydrogens is 301 g/mol. The zero-order chi connectivity index (χ0) is 12.6. The molecule has 0 atom stereocenters. The van der Waals surface area contributed by atoms with Gasteiger partial charge in [0.05, 0.1) is 0 Å². The van der Waals surface area contributed by atoms with Crippen molar-refractivity contribution in [2.75, 3.05) is 0 Å². The molecule has 0 radical (unpaired) electrons. The first-order valence-electron chi connectivity index (χ1n) is 4.46. The van der Waals surface area contributed by atoms with Crippen LogP contribution in [0.5, 0.6) is 0 Å². The quantitative estimate of drug-likeness (QED) is 0.761. The minimum atomic E-state index is -4.50. The number of rotatable bonds is 1. The van der Waals surface area contributed by atoms with Crippen LogP contribution in [0.1, 0.15) is 5.69 Å². The van der Waals surface area contributed by atoms with Crippen LogP contribution in [0.15, 0.2) is 23.3 Å². The summed E-state index contributed by atoms with van der Waals surface area (Å²) >= 11 is 3.02. The Morgan fingerprint density at radius 3 is 2.35 bits per heavy atom. The molecule has 4 nitrogen and oxygen atoms in total. The summed E-state index contributed by atoms with van der Waals surface area (Å²) in [4.78, 5) is 7.58. The van der Waals surface area contributed by atoms with E-state index in [4.69, 9.17) is 0 Å². The fourth-order valence-electron chi connectivity index (χ4n) is 1.36. The Kier molecular flexibility index (Phi) is 2.90. The van der Waals surface area contributed by atoms with Gasteiger partial charge in [-0.15, -0.1) is 0 Å². The molecular formula is C9H6BrF3N4. The lowest BCUT2D eigenvalue weighted by Gasteiger charge is -2.05. The maximum Gasteiger partial charge on any atom is 0.435 e. The second-order valence-electron chi connectivity index (χ2n) is 3.30. The van der Waals surface area contributed by atoms with E-state index in [1.165, 1.54) is 25.6 Å². The Morgan fingerprint density at radius 2 is 1.82 bits per heavy atom. The van der Waals surface area contributed by atoms with E-state index in [1.807, 2.05) is 0 Å². The van der Waals surface area contributed by atoms with Crippen LogP contribution in [0.2, 0.25) is 0 Å². The van der Waals surface area contributed by atoms with Crippen molar-refractivity contribution in [1.82, 2.24) is 19.7 Å². The van der Waals surface area contributed by atoms with Gasteiger partial charge >= 0.3 is 6.18 Å². The predicted octanol–water partition coefficient (Wildman–Crippen LogP) is 2.66. The standard InChI is InChI=1S/C9H6BrF3N4/c1-17-4-6(7(16-17)9(11,12)13)5-2-14-8(10)15-3-5/h2-4H,1H3. The number of alkyl halides is 3. The lowest BCUT2D eigenvalue weighted by Crippen LogP contribution is -2.08. The van der Waals surface area contributed by atoms with Gasteiger partial charge in [-0.25, -0.2) is 9.97 Å². The van der Waals surface area contributed by atoms with Gasteiger partial charge in [-0.2, -0.15) is 18.3 Å². The van der Waals surface area contributed by atoms with E-state index in [-0.39, 0.29) is 11.1 Å². The summed E-state index contributed by atoms with van der Waals surface area (Å²) in [7, 11) is 1.43. The van der Waals surface area contributed by atoms with Crippen molar-refractivity contribution in [2.45, 2.75) is 6.18 Å². The van der Waals surface area contributed by atoms with Crippen LogP contribution in [0.3, 0.4) is 0 Å². The first-order valence-corrected chi connectivity index (χ1v) is 5.26. The van der Waals surface area contributed by atoms with E-state index in [0.29, 0.717) is 4.73 Å². The van der Waals surface area contributed by atoms with Crippen LogP contribution >= 0.6 is 15.9 Å². The summed E-state index contributed by atoms with van der Waals surface area (Å²) in [5.74, 6) is 0. The minimum absolute atomic E-state index is 0.0347. The molecule has 2 aromatic heterocycles. The molecule has 0 saturated carbocycles. The fourth-order valence-corrected chi connectivity index (χ4v) is 1.57. The summed E-state index contributed by atoms with van der Waals surface area (Å²) in [6.07, 6.45) is -0.592. The largest absolute Gasteiger partial charge is 0.435 e. The molecule has 0 aliphatic heterocycles. The summed E-state index contributed by atoms with van der Waals surface area (Å²) in [5.41, 5.74) is -0.702. The Hall–Kier alpha value is -1.44. The molecule has 0 N–H and O–H groups in total. The second kappa shape index (κ2) is 4.10. The van der Waals surface area contributed by atoms with E-state index < -0.39 is 11.9 Å². The summed E-state index contributed by atoms with van der Waals surface area (Å²) in [5, 5.41) is 3.41. The highest BCUT2D eigenvalue weighted by molar-refractivity contribution is 9.10. The van der Waals surface area contributed by atoms with Crippen molar-refractivity contribution in [1.29, 1.82) is 0 Å². The maximum absolute atomic E-state index is 12.7. The SMILES string of the molecule is Cn1cc(-c2cnc(Br)nc2)c(C(F)(F)F)n1.